The summed E-state index contributed by atoms with van der Waals surface area (Å²) in [6.45, 7) is 6.57. The number of nitrogens with zero attached hydrogens (tertiary/aromatic N) is 2. The summed E-state index contributed by atoms with van der Waals surface area (Å²) in [5.41, 5.74) is 6.74. The number of aromatic nitrogens is 2. The summed E-state index contributed by atoms with van der Waals surface area (Å²) in [6.07, 6.45) is 5.84. The van der Waals surface area contributed by atoms with E-state index in [1.807, 2.05) is 0 Å². The van der Waals surface area contributed by atoms with E-state index in [-0.39, 0.29) is 12.6 Å². The SMILES string of the molecule is CC(C)CCC(C)n1cncc1C(N)CO. The molecule has 0 saturated heterocycles. The van der Waals surface area contributed by atoms with E-state index < -0.39 is 0 Å². The highest BCUT2D eigenvalue weighted by atomic mass is 16.3. The second kappa shape index (κ2) is 6.01. The zero-order valence-electron chi connectivity index (χ0n) is 10.4. The second-order valence-electron chi connectivity index (χ2n) is 4.84. The van der Waals surface area contributed by atoms with E-state index in [0.29, 0.717) is 12.0 Å². The van der Waals surface area contributed by atoms with Crippen LogP contribution in [0.5, 0.6) is 0 Å². The minimum atomic E-state index is -0.330. The maximum absolute atomic E-state index is 9.06. The number of aliphatic hydroxyl groups excluding tert-OH is 1. The number of rotatable bonds is 6. The van der Waals surface area contributed by atoms with E-state index in [0.717, 1.165) is 12.1 Å². The second-order valence-corrected chi connectivity index (χ2v) is 4.84. The Morgan fingerprint density at radius 2 is 2.06 bits per heavy atom. The van der Waals surface area contributed by atoms with E-state index >= 15 is 0 Å². The van der Waals surface area contributed by atoms with Gasteiger partial charge in [-0.25, -0.2) is 4.98 Å². The highest BCUT2D eigenvalue weighted by molar-refractivity contribution is 5.05. The molecule has 0 aliphatic carbocycles. The van der Waals surface area contributed by atoms with Gasteiger partial charge in [-0.15, -0.1) is 0 Å². The summed E-state index contributed by atoms with van der Waals surface area (Å²) in [5.74, 6) is 0.709. The van der Waals surface area contributed by atoms with Gasteiger partial charge in [-0.3, -0.25) is 0 Å². The number of hydrogen-bond donors (Lipinski definition) is 2. The summed E-state index contributed by atoms with van der Waals surface area (Å²) in [5, 5.41) is 9.06. The molecule has 2 unspecified atom stereocenters. The third-order valence-electron chi connectivity index (χ3n) is 2.91. The number of aliphatic hydroxyl groups is 1. The largest absolute Gasteiger partial charge is 0.394 e. The highest BCUT2D eigenvalue weighted by Crippen LogP contribution is 2.21. The van der Waals surface area contributed by atoms with Gasteiger partial charge in [-0.2, -0.15) is 0 Å². The van der Waals surface area contributed by atoms with E-state index in [1.54, 1.807) is 12.5 Å². The minimum absolute atomic E-state index is 0.0391. The normalized spacial score (nSPS) is 15.4. The van der Waals surface area contributed by atoms with Gasteiger partial charge >= 0.3 is 0 Å². The molecule has 1 aromatic heterocycles. The van der Waals surface area contributed by atoms with Gasteiger partial charge in [0.25, 0.3) is 0 Å². The standard InChI is InChI=1S/C12H23N3O/c1-9(2)4-5-10(3)15-8-14-6-12(15)11(13)7-16/h6,8-11,16H,4-5,7,13H2,1-3H3. The smallest absolute Gasteiger partial charge is 0.0951 e. The predicted octanol–water partition coefficient (Wildman–Crippen LogP) is 1.87. The molecular formula is C12H23N3O. The Morgan fingerprint density at radius 1 is 1.38 bits per heavy atom. The molecule has 0 aliphatic heterocycles. The first-order valence-corrected chi connectivity index (χ1v) is 5.94. The average molecular weight is 225 g/mol. The fourth-order valence-corrected chi connectivity index (χ4v) is 1.78. The summed E-state index contributed by atoms with van der Waals surface area (Å²) in [4.78, 5) is 4.11. The van der Waals surface area contributed by atoms with Crippen LogP contribution in [0.4, 0.5) is 0 Å². The van der Waals surface area contributed by atoms with Gasteiger partial charge in [0.15, 0.2) is 0 Å². The van der Waals surface area contributed by atoms with Crippen LogP contribution in [0.1, 0.15) is 51.4 Å². The fourth-order valence-electron chi connectivity index (χ4n) is 1.78. The lowest BCUT2D eigenvalue weighted by Gasteiger charge is -2.19. The van der Waals surface area contributed by atoms with Crippen molar-refractivity contribution in [2.75, 3.05) is 6.61 Å². The molecule has 4 heteroatoms. The lowest BCUT2D eigenvalue weighted by Crippen LogP contribution is -2.20. The third-order valence-corrected chi connectivity index (χ3v) is 2.91. The predicted molar refractivity (Wildman–Crippen MR) is 65.0 cm³/mol. The number of nitrogens with two attached hydrogens (primary N) is 1. The van der Waals surface area contributed by atoms with Crippen LogP contribution < -0.4 is 5.73 Å². The first-order chi connectivity index (χ1) is 7.56. The number of imidazole rings is 1. The van der Waals surface area contributed by atoms with Crippen LogP contribution in [0, 0.1) is 5.92 Å². The van der Waals surface area contributed by atoms with Crippen molar-refractivity contribution in [1.29, 1.82) is 0 Å². The van der Waals surface area contributed by atoms with Gasteiger partial charge in [0.05, 0.1) is 24.7 Å². The van der Waals surface area contributed by atoms with Crippen molar-refractivity contribution in [2.45, 2.75) is 45.7 Å². The summed E-state index contributed by atoms with van der Waals surface area (Å²) >= 11 is 0. The molecule has 92 valence electrons. The van der Waals surface area contributed by atoms with Crippen LogP contribution in [-0.4, -0.2) is 21.3 Å². The van der Waals surface area contributed by atoms with Gasteiger partial charge < -0.3 is 15.4 Å². The molecule has 1 aromatic rings. The topological polar surface area (TPSA) is 64.1 Å². The molecule has 0 fully saturated rings. The van der Waals surface area contributed by atoms with E-state index in [4.69, 9.17) is 10.8 Å². The van der Waals surface area contributed by atoms with Gasteiger partial charge in [-0.1, -0.05) is 13.8 Å². The van der Waals surface area contributed by atoms with Crippen LogP contribution in [0.3, 0.4) is 0 Å². The lowest BCUT2D eigenvalue weighted by molar-refractivity contribution is 0.260. The van der Waals surface area contributed by atoms with Crippen molar-refractivity contribution in [3.05, 3.63) is 18.2 Å². The summed E-state index contributed by atoms with van der Waals surface area (Å²) < 4.78 is 2.07. The molecule has 16 heavy (non-hydrogen) atoms. The Labute approximate surface area is 97.5 Å². The van der Waals surface area contributed by atoms with Crippen molar-refractivity contribution in [3.8, 4) is 0 Å². The molecule has 0 saturated carbocycles. The molecule has 1 rings (SSSR count). The molecule has 4 nitrogen and oxygen atoms in total. The first kappa shape index (κ1) is 13.2. The molecule has 1 heterocycles. The quantitative estimate of drug-likeness (QED) is 0.777. The first-order valence-electron chi connectivity index (χ1n) is 5.94. The van der Waals surface area contributed by atoms with E-state index in [2.05, 4.69) is 30.3 Å². The maximum atomic E-state index is 9.06. The molecule has 0 amide bonds. The Morgan fingerprint density at radius 3 is 2.62 bits per heavy atom. The van der Waals surface area contributed by atoms with Gasteiger partial charge in [0, 0.05) is 12.2 Å². The van der Waals surface area contributed by atoms with Crippen LogP contribution >= 0.6 is 0 Å². The van der Waals surface area contributed by atoms with Crippen LogP contribution in [0.25, 0.3) is 0 Å². The van der Waals surface area contributed by atoms with Crippen molar-refractivity contribution in [2.24, 2.45) is 11.7 Å². The molecule has 0 aromatic carbocycles. The van der Waals surface area contributed by atoms with Crippen LogP contribution in [-0.2, 0) is 0 Å². The monoisotopic (exact) mass is 225 g/mol. The average Bonchev–Trinajstić information content (AvgIpc) is 2.73. The van der Waals surface area contributed by atoms with Crippen LogP contribution in [0.15, 0.2) is 12.5 Å². The molecular weight excluding hydrogens is 202 g/mol. The van der Waals surface area contributed by atoms with Crippen LogP contribution in [0.2, 0.25) is 0 Å². The van der Waals surface area contributed by atoms with E-state index in [1.165, 1.54) is 6.42 Å². The minimum Gasteiger partial charge on any atom is -0.394 e. The lowest BCUT2D eigenvalue weighted by atomic mass is 10.0. The van der Waals surface area contributed by atoms with Gasteiger partial charge in [0.1, 0.15) is 0 Å². The van der Waals surface area contributed by atoms with E-state index in [9.17, 15) is 0 Å². The van der Waals surface area contributed by atoms with Gasteiger partial charge in [-0.05, 0) is 25.7 Å². The van der Waals surface area contributed by atoms with Crippen molar-refractivity contribution >= 4 is 0 Å². The molecule has 0 aliphatic rings. The summed E-state index contributed by atoms with van der Waals surface area (Å²) in [6, 6.07) is 0.0569. The Balaban J connectivity index is 2.67. The maximum Gasteiger partial charge on any atom is 0.0951 e. The van der Waals surface area contributed by atoms with Crippen molar-refractivity contribution in [3.63, 3.8) is 0 Å². The Kier molecular flexibility index (Phi) is 4.96. The Hall–Kier alpha value is -0.870. The molecule has 0 spiro atoms. The molecule has 3 N–H and O–H groups in total. The van der Waals surface area contributed by atoms with Gasteiger partial charge in [0.2, 0.25) is 0 Å². The highest BCUT2D eigenvalue weighted by Gasteiger charge is 2.14. The number of hydrogen-bond acceptors (Lipinski definition) is 3. The molecule has 0 radical (unpaired) electrons. The van der Waals surface area contributed by atoms with Crippen molar-refractivity contribution in [1.82, 2.24) is 9.55 Å². The fraction of sp³-hybridized carbons (Fsp3) is 0.750. The third kappa shape index (κ3) is 3.32. The Bertz CT molecular complexity index is 309. The zero-order chi connectivity index (χ0) is 12.1. The van der Waals surface area contributed by atoms with Crippen molar-refractivity contribution < 1.29 is 5.11 Å². The summed E-state index contributed by atoms with van der Waals surface area (Å²) in [7, 11) is 0. The zero-order valence-corrected chi connectivity index (χ0v) is 10.4. The molecule has 2 atom stereocenters. The molecule has 0 bridgehead atoms.